The fraction of sp³-hybridized carbons (Fsp3) is 0.429. The van der Waals surface area contributed by atoms with E-state index in [0.717, 1.165) is 6.07 Å². The molecule has 1 rings (SSSR count). The second kappa shape index (κ2) is 6.88. The third kappa shape index (κ3) is 4.22. The molecule has 0 spiro atoms. The number of carbonyl (C=O) groups is 2. The van der Waals surface area contributed by atoms with Gasteiger partial charge in [0.25, 0.3) is 0 Å². The second-order valence-corrected chi connectivity index (χ2v) is 4.99. The fourth-order valence-electron chi connectivity index (χ4n) is 1.72. The number of nitrogens with zero attached hydrogens (tertiary/aromatic N) is 1. The number of amides is 1. The molecule has 0 saturated carbocycles. The van der Waals surface area contributed by atoms with Gasteiger partial charge in [-0.2, -0.15) is 0 Å². The molecule has 20 heavy (non-hydrogen) atoms. The van der Waals surface area contributed by atoms with Crippen LogP contribution in [0.2, 0.25) is 0 Å². The van der Waals surface area contributed by atoms with E-state index in [4.69, 9.17) is 5.11 Å². The normalized spacial score (nSPS) is 10.4. The lowest BCUT2D eigenvalue weighted by atomic mass is 10.1. The Labute approximate surface area is 117 Å². The summed E-state index contributed by atoms with van der Waals surface area (Å²) in [5.74, 6) is -2.08. The molecule has 6 heteroatoms. The van der Waals surface area contributed by atoms with E-state index in [9.17, 15) is 14.0 Å². The highest BCUT2D eigenvalue weighted by atomic mass is 19.1. The second-order valence-electron chi connectivity index (χ2n) is 4.99. The Morgan fingerprint density at radius 1 is 1.40 bits per heavy atom. The number of aromatic carboxylic acids is 1. The minimum Gasteiger partial charge on any atom is -0.478 e. The molecule has 110 valence electrons. The topological polar surface area (TPSA) is 69.6 Å². The van der Waals surface area contributed by atoms with Gasteiger partial charge >= 0.3 is 5.97 Å². The number of carboxylic acid groups (broad SMARTS) is 1. The number of hydrogen-bond donors (Lipinski definition) is 2. The zero-order chi connectivity index (χ0) is 15.3. The number of rotatable bonds is 6. The summed E-state index contributed by atoms with van der Waals surface area (Å²) in [7, 11) is 1.55. The number of hydrogen-bond acceptors (Lipinski definition) is 3. The molecular weight excluding hydrogens is 263 g/mol. The molecule has 0 aromatic heterocycles. The lowest BCUT2D eigenvalue weighted by Gasteiger charge is -2.21. The standard InChI is InChI=1S/C14H19FN2O3/c1-9(2)7-16-12(18)8-17(3)11-6-4-5-10(15)13(11)14(19)20/h4-6,9H,7-8H2,1-3H3,(H,16,18)(H,19,20). The van der Waals surface area contributed by atoms with E-state index in [1.165, 1.54) is 17.0 Å². The third-order valence-electron chi connectivity index (χ3n) is 2.70. The Kier molecular flexibility index (Phi) is 5.49. The lowest BCUT2D eigenvalue weighted by Crippen LogP contribution is -2.37. The molecule has 0 heterocycles. The SMILES string of the molecule is CC(C)CNC(=O)CN(C)c1cccc(F)c1C(=O)O. The number of carboxylic acids is 1. The Morgan fingerprint density at radius 2 is 2.05 bits per heavy atom. The average molecular weight is 282 g/mol. The van der Waals surface area contributed by atoms with Crippen LogP contribution in [0, 0.1) is 11.7 Å². The van der Waals surface area contributed by atoms with E-state index in [-0.39, 0.29) is 18.1 Å². The van der Waals surface area contributed by atoms with E-state index in [1.807, 2.05) is 13.8 Å². The van der Waals surface area contributed by atoms with Gasteiger partial charge in [0, 0.05) is 13.6 Å². The number of halogens is 1. The summed E-state index contributed by atoms with van der Waals surface area (Å²) in [6.07, 6.45) is 0. The van der Waals surface area contributed by atoms with Crippen LogP contribution in [0.4, 0.5) is 10.1 Å². The predicted molar refractivity (Wildman–Crippen MR) is 74.5 cm³/mol. The Bertz CT molecular complexity index is 503. The molecule has 0 atom stereocenters. The molecule has 1 amide bonds. The molecule has 1 aromatic carbocycles. The van der Waals surface area contributed by atoms with Crippen LogP contribution in [0.1, 0.15) is 24.2 Å². The van der Waals surface area contributed by atoms with Gasteiger partial charge in [-0.25, -0.2) is 9.18 Å². The molecular formula is C14H19FN2O3. The van der Waals surface area contributed by atoms with Crippen molar-refractivity contribution in [1.82, 2.24) is 5.32 Å². The van der Waals surface area contributed by atoms with Crippen molar-refractivity contribution >= 4 is 17.6 Å². The lowest BCUT2D eigenvalue weighted by molar-refractivity contribution is -0.119. The van der Waals surface area contributed by atoms with Gasteiger partial charge in [-0.15, -0.1) is 0 Å². The maximum absolute atomic E-state index is 13.5. The van der Waals surface area contributed by atoms with E-state index < -0.39 is 17.3 Å². The van der Waals surface area contributed by atoms with Gasteiger partial charge in [-0.3, -0.25) is 4.79 Å². The summed E-state index contributed by atoms with van der Waals surface area (Å²) in [6, 6.07) is 3.97. The van der Waals surface area contributed by atoms with Crippen LogP contribution in [0.5, 0.6) is 0 Å². The molecule has 1 aromatic rings. The monoisotopic (exact) mass is 282 g/mol. The summed E-state index contributed by atoms with van der Waals surface area (Å²) in [5.41, 5.74) is -0.246. The van der Waals surface area contributed by atoms with Gasteiger partial charge in [-0.05, 0) is 18.1 Å². The van der Waals surface area contributed by atoms with Crippen LogP contribution in [-0.2, 0) is 4.79 Å². The van der Waals surface area contributed by atoms with Crippen LogP contribution < -0.4 is 10.2 Å². The van der Waals surface area contributed by atoms with Crippen molar-refractivity contribution in [1.29, 1.82) is 0 Å². The highest BCUT2D eigenvalue weighted by Gasteiger charge is 2.19. The Hall–Kier alpha value is -2.11. The molecule has 5 nitrogen and oxygen atoms in total. The smallest absolute Gasteiger partial charge is 0.340 e. The summed E-state index contributed by atoms with van der Waals surface area (Å²) < 4.78 is 13.5. The molecule has 0 bridgehead atoms. The first kappa shape index (κ1) is 15.9. The van der Waals surface area contributed by atoms with Crippen molar-refractivity contribution in [3.63, 3.8) is 0 Å². The van der Waals surface area contributed by atoms with Crippen LogP contribution in [0.3, 0.4) is 0 Å². The molecule has 2 N–H and O–H groups in total. The largest absolute Gasteiger partial charge is 0.478 e. The van der Waals surface area contributed by atoms with Crippen molar-refractivity contribution in [2.24, 2.45) is 5.92 Å². The van der Waals surface area contributed by atoms with Gasteiger partial charge in [0.15, 0.2) is 0 Å². The average Bonchev–Trinajstić information content (AvgIpc) is 2.35. The van der Waals surface area contributed by atoms with E-state index >= 15 is 0 Å². The molecule has 0 saturated heterocycles. The minimum atomic E-state index is -1.35. The van der Waals surface area contributed by atoms with Crippen LogP contribution in [0.15, 0.2) is 18.2 Å². The van der Waals surface area contributed by atoms with E-state index in [1.54, 1.807) is 7.05 Å². The molecule has 0 unspecified atom stereocenters. The highest BCUT2D eigenvalue weighted by Crippen LogP contribution is 2.22. The summed E-state index contributed by atoms with van der Waals surface area (Å²) in [4.78, 5) is 24.2. The van der Waals surface area contributed by atoms with Crippen molar-refractivity contribution in [2.45, 2.75) is 13.8 Å². The third-order valence-corrected chi connectivity index (χ3v) is 2.70. The Morgan fingerprint density at radius 3 is 2.60 bits per heavy atom. The maximum atomic E-state index is 13.5. The van der Waals surface area contributed by atoms with Crippen molar-refractivity contribution in [3.05, 3.63) is 29.6 Å². The van der Waals surface area contributed by atoms with Gasteiger partial charge in [0.1, 0.15) is 11.4 Å². The fourth-order valence-corrected chi connectivity index (χ4v) is 1.72. The number of benzene rings is 1. The quantitative estimate of drug-likeness (QED) is 0.833. The zero-order valence-corrected chi connectivity index (χ0v) is 11.8. The van der Waals surface area contributed by atoms with Crippen molar-refractivity contribution in [2.75, 3.05) is 25.0 Å². The summed E-state index contributed by atoms with van der Waals surface area (Å²) >= 11 is 0. The number of likely N-dealkylation sites (N-methyl/N-ethyl adjacent to an activating group) is 1. The zero-order valence-electron chi connectivity index (χ0n) is 11.8. The van der Waals surface area contributed by atoms with Gasteiger partial charge < -0.3 is 15.3 Å². The molecule has 0 aliphatic carbocycles. The first-order valence-corrected chi connectivity index (χ1v) is 6.32. The van der Waals surface area contributed by atoms with Crippen LogP contribution >= 0.6 is 0 Å². The van der Waals surface area contributed by atoms with Gasteiger partial charge in [0.2, 0.25) is 5.91 Å². The van der Waals surface area contributed by atoms with Gasteiger partial charge in [-0.1, -0.05) is 19.9 Å². The Balaban J connectivity index is 2.82. The maximum Gasteiger partial charge on any atom is 0.340 e. The predicted octanol–water partition coefficient (Wildman–Crippen LogP) is 1.73. The van der Waals surface area contributed by atoms with Crippen molar-refractivity contribution < 1.29 is 19.1 Å². The number of anilines is 1. The van der Waals surface area contributed by atoms with E-state index in [0.29, 0.717) is 12.5 Å². The molecule has 0 fully saturated rings. The summed E-state index contributed by atoms with van der Waals surface area (Å²) in [5, 5.41) is 11.8. The first-order chi connectivity index (χ1) is 9.32. The van der Waals surface area contributed by atoms with Crippen molar-refractivity contribution in [3.8, 4) is 0 Å². The van der Waals surface area contributed by atoms with Crippen LogP contribution in [0.25, 0.3) is 0 Å². The van der Waals surface area contributed by atoms with E-state index in [2.05, 4.69) is 5.32 Å². The molecule has 0 aliphatic heterocycles. The number of carbonyl (C=O) groups excluding carboxylic acids is 1. The molecule has 0 radical (unpaired) electrons. The summed E-state index contributed by atoms with van der Waals surface area (Å²) in [6.45, 7) is 4.45. The van der Waals surface area contributed by atoms with Crippen LogP contribution in [-0.4, -0.2) is 37.1 Å². The highest BCUT2D eigenvalue weighted by molar-refractivity contribution is 5.95. The first-order valence-electron chi connectivity index (χ1n) is 6.32. The number of nitrogens with one attached hydrogen (secondary N) is 1. The molecule has 0 aliphatic rings. The van der Waals surface area contributed by atoms with Gasteiger partial charge in [0.05, 0.1) is 12.2 Å². The minimum absolute atomic E-state index is 0.0313.